The van der Waals surface area contributed by atoms with Crippen molar-refractivity contribution in [2.75, 3.05) is 0 Å². The van der Waals surface area contributed by atoms with Gasteiger partial charge in [-0.05, 0) is 57.3 Å². The van der Waals surface area contributed by atoms with Crippen LogP contribution >= 0.6 is 0 Å². The van der Waals surface area contributed by atoms with E-state index in [2.05, 4.69) is 24.3 Å². The van der Waals surface area contributed by atoms with Gasteiger partial charge in [-0.25, -0.2) is 0 Å². The normalized spacial score (nSPS) is 28.8. The van der Waals surface area contributed by atoms with Crippen molar-refractivity contribution in [3.63, 3.8) is 0 Å². The third-order valence-electron chi connectivity index (χ3n) is 5.58. The number of rotatable bonds is 5. The number of aromatic nitrogens is 2. The maximum absolute atomic E-state index is 12.5. The molecule has 0 radical (unpaired) electrons. The third-order valence-corrected chi connectivity index (χ3v) is 5.58. The fourth-order valence-electron chi connectivity index (χ4n) is 4.40. The summed E-state index contributed by atoms with van der Waals surface area (Å²) in [4.78, 5) is 12.5. The van der Waals surface area contributed by atoms with E-state index in [1.54, 1.807) is 6.20 Å². The fraction of sp³-hybridized carbons (Fsp3) is 0.765. The molecule has 0 spiro atoms. The van der Waals surface area contributed by atoms with Crippen molar-refractivity contribution in [2.24, 2.45) is 17.8 Å². The summed E-state index contributed by atoms with van der Waals surface area (Å²) in [5.74, 6) is 2.49. The second-order valence-corrected chi connectivity index (χ2v) is 6.97. The average Bonchev–Trinajstić information content (AvgIpc) is 3.15. The van der Waals surface area contributed by atoms with Gasteiger partial charge in [0.25, 0.3) is 5.91 Å². The minimum Gasteiger partial charge on any atom is -0.349 e. The Bertz CT molecular complexity index is 522. The lowest BCUT2D eigenvalue weighted by Crippen LogP contribution is -2.40. The van der Waals surface area contributed by atoms with Gasteiger partial charge in [-0.3, -0.25) is 9.48 Å². The van der Waals surface area contributed by atoms with E-state index in [-0.39, 0.29) is 11.9 Å². The van der Waals surface area contributed by atoms with Crippen LogP contribution in [0.15, 0.2) is 6.20 Å². The first-order valence-corrected chi connectivity index (χ1v) is 8.43. The summed E-state index contributed by atoms with van der Waals surface area (Å²) in [6, 6.07) is 0.279. The summed E-state index contributed by atoms with van der Waals surface area (Å²) in [5.41, 5.74) is 1.72. The van der Waals surface area contributed by atoms with Crippen LogP contribution in [0.3, 0.4) is 0 Å². The van der Waals surface area contributed by atoms with Gasteiger partial charge >= 0.3 is 0 Å². The highest BCUT2D eigenvalue weighted by atomic mass is 16.1. The number of fused-ring (bicyclic) bond motifs is 2. The molecular weight excluding hydrogens is 262 g/mol. The molecule has 3 rings (SSSR count). The molecule has 4 heteroatoms. The monoisotopic (exact) mass is 289 g/mol. The summed E-state index contributed by atoms with van der Waals surface area (Å²) < 4.78 is 1.93. The first-order chi connectivity index (χ1) is 10.1. The van der Waals surface area contributed by atoms with Gasteiger partial charge in [-0.15, -0.1) is 0 Å². The molecule has 2 aliphatic carbocycles. The number of aryl methyl sites for hydroxylation is 1. The summed E-state index contributed by atoms with van der Waals surface area (Å²) in [6.45, 7) is 7.16. The molecule has 2 bridgehead atoms. The Morgan fingerprint density at radius 2 is 2.29 bits per heavy atom. The van der Waals surface area contributed by atoms with Crippen molar-refractivity contribution in [3.8, 4) is 0 Å². The molecule has 1 aromatic heterocycles. The largest absolute Gasteiger partial charge is 0.349 e. The highest BCUT2D eigenvalue weighted by Gasteiger charge is 2.42. The molecule has 1 heterocycles. The third kappa shape index (κ3) is 2.72. The Labute approximate surface area is 127 Å². The molecule has 2 aliphatic rings. The van der Waals surface area contributed by atoms with Crippen LogP contribution in [-0.2, 0) is 6.54 Å². The Morgan fingerprint density at radius 1 is 1.48 bits per heavy atom. The Hall–Kier alpha value is -1.32. The van der Waals surface area contributed by atoms with Gasteiger partial charge in [0.1, 0.15) is 0 Å². The SMILES string of the molecule is CCCn1ncc(C(=O)NC(C)C2CC3CCC2C3)c1C. The minimum absolute atomic E-state index is 0.0464. The zero-order chi connectivity index (χ0) is 15.0. The van der Waals surface area contributed by atoms with Gasteiger partial charge in [-0.1, -0.05) is 13.3 Å². The average molecular weight is 289 g/mol. The van der Waals surface area contributed by atoms with E-state index in [9.17, 15) is 4.79 Å². The number of carbonyl (C=O) groups excluding carboxylic acids is 1. The quantitative estimate of drug-likeness (QED) is 0.905. The van der Waals surface area contributed by atoms with Crippen LogP contribution in [-0.4, -0.2) is 21.7 Å². The van der Waals surface area contributed by atoms with Crippen LogP contribution in [0.25, 0.3) is 0 Å². The Morgan fingerprint density at radius 3 is 2.90 bits per heavy atom. The van der Waals surface area contributed by atoms with Crippen LogP contribution < -0.4 is 5.32 Å². The fourth-order valence-corrected chi connectivity index (χ4v) is 4.40. The topological polar surface area (TPSA) is 46.9 Å². The highest BCUT2D eigenvalue weighted by molar-refractivity contribution is 5.95. The van der Waals surface area contributed by atoms with Crippen molar-refractivity contribution in [3.05, 3.63) is 17.5 Å². The minimum atomic E-state index is 0.0464. The van der Waals surface area contributed by atoms with Gasteiger partial charge in [0.2, 0.25) is 0 Å². The number of carbonyl (C=O) groups is 1. The van der Waals surface area contributed by atoms with Crippen molar-refractivity contribution in [2.45, 2.75) is 65.5 Å². The van der Waals surface area contributed by atoms with E-state index in [1.165, 1.54) is 25.7 Å². The number of nitrogens with one attached hydrogen (secondary N) is 1. The molecule has 1 N–H and O–H groups in total. The molecule has 4 nitrogen and oxygen atoms in total. The van der Waals surface area contributed by atoms with Crippen LogP contribution in [0.2, 0.25) is 0 Å². The van der Waals surface area contributed by atoms with E-state index < -0.39 is 0 Å². The van der Waals surface area contributed by atoms with Crippen LogP contribution in [0.1, 0.15) is 62.0 Å². The lowest BCUT2D eigenvalue weighted by Gasteiger charge is -2.28. The number of hydrogen-bond donors (Lipinski definition) is 1. The van der Waals surface area contributed by atoms with Crippen molar-refractivity contribution < 1.29 is 4.79 Å². The standard InChI is InChI=1S/C17H27N3O/c1-4-7-20-12(3)16(10-18-20)17(21)19-11(2)15-9-13-5-6-14(15)8-13/h10-11,13-15H,4-9H2,1-3H3,(H,19,21). The zero-order valence-electron chi connectivity index (χ0n) is 13.4. The molecular formula is C17H27N3O. The Balaban J connectivity index is 1.63. The maximum Gasteiger partial charge on any atom is 0.254 e. The lowest BCUT2D eigenvalue weighted by molar-refractivity contribution is 0.0914. The van der Waals surface area contributed by atoms with Gasteiger partial charge < -0.3 is 5.32 Å². The molecule has 0 saturated heterocycles. The molecule has 1 aromatic rings. The summed E-state index contributed by atoms with van der Waals surface area (Å²) >= 11 is 0. The molecule has 1 amide bonds. The van der Waals surface area contributed by atoms with Crippen molar-refractivity contribution >= 4 is 5.91 Å². The van der Waals surface area contributed by atoms with Gasteiger partial charge in [-0.2, -0.15) is 5.10 Å². The van der Waals surface area contributed by atoms with Gasteiger partial charge in [0.15, 0.2) is 0 Å². The molecule has 2 saturated carbocycles. The number of hydrogen-bond acceptors (Lipinski definition) is 2. The van der Waals surface area contributed by atoms with E-state index in [0.29, 0.717) is 5.92 Å². The summed E-state index contributed by atoms with van der Waals surface area (Å²) in [7, 11) is 0. The number of nitrogens with zero attached hydrogens (tertiary/aromatic N) is 2. The zero-order valence-corrected chi connectivity index (χ0v) is 13.4. The second-order valence-electron chi connectivity index (χ2n) is 6.97. The summed E-state index contributed by atoms with van der Waals surface area (Å²) in [6.07, 6.45) is 8.21. The predicted molar refractivity (Wildman–Crippen MR) is 83.1 cm³/mol. The molecule has 0 aromatic carbocycles. The van der Waals surface area contributed by atoms with Gasteiger partial charge in [0.05, 0.1) is 11.8 Å². The molecule has 0 aliphatic heterocycles. The second kappa shape index (κ2) is 5.82. The smallest absolute Gasteiger partial charge is 0.254 e. The van der Waals surface area contributed by atoms with Crippen molar-refractivity contribution in [1.29, 1.82) is 0 Å². The molecule has 116 valence electrons. The molecule has 21 heavy (non-hydrogen) atoms. The highest BCUT2D eigenvalue weighted by Crippen LogP contribution is 2.49. The van der Waals surface area contributed by atoms with Gasteiger partial charge in [0, 0.05) is 18.3 Å². The van der Waals surface area contributed by atoms with E-state index >= 15 is 0 Å². The van der Waals surface area contributed by atoms with E-state index in [1.807, 2.05) is 11.6 Å². The predicted octanol–water partition coefficient (Wildman–Crippen LogP) is 3.16. The molecule has 4 atom stereocenters. The van der Waals surface area contributed by atoms with E-state index in [0.717, 1.165) is 36.1 Å². The maximum atomic E-state index is 12.5. The van der Waals surface area contributed by atoms with Crippen LogP contribution in [0.5, 0.6) is 0 Å². The first kappa shape index (κ1) is 14.6. The van der Waals surface area contributed by atoms with Crippen LogP contribution in [0, 0.1) is 24.7 Å². The van der Waals surface area contributed by atoms with Crippen LogP contribution in [0.4, 0.5) is 0 Å². The lowest BCUT2D eigenvalue weighted by atomic mass is 9.84. The first-order valence-electron chi connectivity index (χ1n) is 8.43. The van der Waals surface area contributed by atoms with E-state index in [4.69, 9.17) is 0 Å². The van der Waals surface area contributed by atoms with Crippen molar-refractivity contribution in [1.82, 2.24) is 15.1 Å². The Kier molecular flexibility index (Phi) is 4.05. The molecule has 4 unspecified atom stereocenters. The molecule has 2 fully saturated rings. The summed E-state index contributed by atoms with van der Waals surface area (Å²) in [5, 5.41) is 7.55. The number of amides is 1.